The van der Waals surface area contributed by atoms with Crippen LogP contribution in [-0.2, 0) is 12.8 Å². The molecule has 7 heteroatoms. The topological polar surface area (TPSA) is 56.5 Å². The molecule has 0 spiro atoms. The molecular weight excluding hydrogens is 302 g/mol. The second-order valence-corrected chi connectivity index (χ2v) is 6.62. The van der Waals surface area contributed by atoms with Crippen LogP contribution in [0.5, 0.6) is 0 Å². The third-order valence-corrected chi connectivity index (χ3v) is 5.21. The Hall–Kier alpha value is -1.73. The van der Waals surface area contributed by atoms with Gasteiger partial charge >= 0.3 is 0 Å². The first-order chi connectivity index (χ1) is 10.2. The highest BCUT2D eigenvalue weighted by Gasteiger charge is 2.13. The molecule has 3 heterocycles. The van der Waals surface area contributed by atoms with E-state index in [-0.39, 0.29) is 0 Å². The number of hydrogen-bond donors (Lipinski definition) is 0. The zero-order valence-corrected chi connectivity index (χ0v) is 13.7. The fourth-order valence-electron chi connectivity index (χ4n) is 2.03. The summed E-state index contributed by atoms with van der Waals surface area (Å²) in [5.41, 5.74) is 3.39. The Morgan fingerprint density at radius 3 is 2.81 bits per heavy atom. The zero-order chi connectivity index (χ0) is 14.8. The van der Waals surface area contributed by atoms with Gasteiger partial charge in [0.1, 0.15) is 0 Å². The van der Waals surface area contributed by atoms with Gasteiger partial charge in [-0.05, 0) is 43.1 Å². The summed E-state index contributed by atoms with van der Waals surface area (Å²) in [6.45, 7) is 4.16. The van der Waals surface area contributed by atoms with Gasteiger partial charge in [-0.25, -0.2) is 0 Å². The molecule has 0 unspecified atom stereocenters. The van der Waals surface area contributed by atoms with E-state index in [1.54, 1.807) is 35.7 Å². The lowest BCUT2D eigenvalue weighted by atomic mass is 10.2. The average Bonchev–Trinajstić information content (AvgIpc) is 3.02. The highest BCUT2D eigenvalue weighted by Crippen LogP contribution is 2.28. The van der Waals surface area contributed by atoms with E-state index >= 15 is 0 Å². The van der Waals surface area contributed by atoms with Crippen LogP contribution in [0.15, 0.2) is 29.7 Å². The fourth-order valence-corrected chi connectivity index (χ4v) is 3.91. The van der Waals surface area contributed by atoms with Crippen LogP contribution in [0.25, 0.3) is 11.4 Å². The predicted octanol–water partition coefficient (Wildman–Crippen LogP) is 3.24. The Balaban J connectivity index is 1.80. The smallest absolute Gasteiger partial charge is 0.191 e. The first-order valence-corrected chi connectivity index (χ1v) is 8.27. The molecule has 21 heavy (non-hydrogen) atoms. The minimum absolute atomic E-state index is 0.836. The maximum Gasteiger partial charge on any atom is 0.191 e. The van der Waals surface area contributed by atoms with Gasteiger partial charge in [0.2, 0.25) is 0 Å². The summed E-state index contributed by atoms with van der Waals surface area (Å²) in [5.74, 6) is 1.70. The Bertz CT molecular complexity index is 729. The van der Waals surface area contributed by atoms with Crippen LogP contribution < -0.4 is 0 Å². The number of aryl methyl sites for hydroxylation is 2. The van der Waals surface area contributed by atoms with Crippen LogP contribution in [0.3, 0.4) is 0 Å². The van der Waals surface area contributed by atoms with Gasteiger partial charge in [-0.2, -0.15) is 4.37 Å². The van der Waals surface area contributed by atoms with Crippen molar-refractivity contribution in [2.24, 2.45) is 7.05 Å². The SMILES string of the molecule is Cc1nsc(C)c1CSc1nnc(-c2cccnc2)n1C. The lowest BCUT2D eigenvalue weighted by Gasteiger charge is -2.04. The van der Waals surface area contributed by atoms with Gasteiger partial charge in [0.05, 0.1) is 5.69 Å². The van der Waals surface area contributed by atoms with Crippen molar-refractivity contribution in [3.05, 3.63) is 40.7 Å². The van der Waals surface area contributed by atoms with Crippen molar-refractivity contribution < 1.29 is 0 Å². The van der Waals surface area contributed by atoms with E-state index in [9.17, 15) is 0 Å². The minimum atomic E-state index is 0.836. The van der Waals surface area contributed by atoms with E-state index in [4.69, 9.17) is 0 Å². The molecule has 3 rings (SSSR count). The van der Waals surface area contributed by atoms with E-state index in [1.165, 1.54) is 10.4 Å². The van der Waals surface area contributed by atoms with Crippen molar-refractivity contribution in [3.63, 3.8) is 0 Å². The molecule has 0 atom stereocenters. The summed E-state index contributed by atoms with van der Waals surface area (Å²) in [4.78, 5) is 5.40. The van der Waals surface area contributed by atoms with Crippen molar-refractivity contribution in [1.29, 1.82) is 0 Å². The van der Waals surface area contributed by atoms with Crippen LogP contribution in [-0.4, -0.2) is 24.1 Å². The minimum Gasteiger partial charge on any atom is -0.305 e. The lowest BCUT2D eigenvalue weighted by molar-refractivity contribution is 0.793. The molecule has 0 N–H and O–H groups in total. The summed E-state index contributed by atoms with van der Waals surface area (Å²) in [6, 6.07) is 3.89. The third kappa shape index (κ3) is 2.84. The Kier molecular flexibility index (Phi) is 4.03. The van der Waals surface area contributed by atoms with Crippen LogP contribution in [0.2, 0.25) is 0 Å². The van der Waals surface area contributed by atoms with Crippen LogP contribution in [0.4, 0.5) is 0 Å². The van der Waals surface area contributed by atoms with Crippen LogP contribution >= 0.6 is 23.3 Å². The van der Waals surface area contributed by atoms with Gasteiger partial charge in [0, 0.05) is 35.6 Å². The Morgan fingerprint density at radius 1 is 1.29 bits per heavy atom. The van der Waals surface area contributed by atoms with Gasteiger partial charge in [0.25, 0.3) is 0 Å². The summed E-state index contributed by atoms with van der Waals surface area (Å²) >= 11 is 3.24. The fraction of sp³-hybridized carbons (Fsp3) is 0.286. The quantitative estimate of drug-likeness (QED) is 0.691. The monoisotopic (exact) mass is 317 g/mol. The molecule has 0 aliphatic heterocycles. The van der Waals surface area contributed by atoms with E-state index in [2.05, 4.69) is 33.4 Å². The van der Waals surface area contributed by atoms with Gasteiger partial charge in [0.15, 0.2) is 11.0 Å². The predicted molar refractivity (Wildman–Crippen MR) is 85.4 cm³/mol. The summed E-state index contributed by atoms with van der Waals surface area (Å²) in [7, 11) is 1.98. The van der Waals surface area contributed by atoms with Gasteiger partial charge in [-0.1, -0.05) is 11.8 Å². The molecule has 0 bridgehead atoms. The van der Waals surface area contributed by atoms with E-state index in [0.717, 1.165) is 28.0 Å². The van der Waals surface area contributed by atoms with Crippen molar-refractivity contribution in [1.82, 2.24) is 24.1 Å². The molecule has 5 nitrogen and oxygen atoms in total. The number of pyridine rings is 1. The van der Waals surface area contributed by atoms with Crippen LogP contribution in [0, 0.1) is 13.8 Å². The van der Waals surface area contributed by atoms with Gasteiger partial charge < -0.3 is 4.57 Å². The molecule has 0 aliphatic carbocycles. The number of nitrogens with zero attached hydrogens (tertiary/aromatic N) is 5. The summed E-state index contributed by atoms with van der Waals surface area (Å²) < 4.78 is 6.39. The standard InChI is InChI=1S/C14H15N5S2/c1-9-12(10(2)21-18-9)8-20-14-17-16-13(19(14)3)11-5-4-6-15-7-11/h4-7H,8H2,1-3H3. The van der Waals surface area contributed by atoms with E-state index < -0.39 is 0 Å². The number of aromatic nitrogens is 5. The van der Waals surface area contributed by atoms with Crippen LogP contribution in [0.1, 0.15) is 16.1 Å². The van der Waals surface area contributed by atoms with Crippen molar-refractivity contribution in [3.8, 4) is 11.4 Å². The molecule has 0 radical (unpaired) electrons. The first kappa shape index (κ1) is 14.2. The summed E-state index contributed by atoms with van der Waals surface area (Å²) in [5, 5.41) is 9.45. The van der Waals surface area contributed by atoms with Crippen molar-refractivity contribution in [2.75, 3.05) is 0 Å². The Labute approximate surface area is 131 Å². The number of thioether (sulfide) groups is 1. The lowest BCUT2D eigenvalue weighted by Crippen LogP contribution is -1.95. The highest BCUT2D eigenvalue weighted by atomic mass is 32.2. The highest BCUT2D eigenvalue weighted by molar-refractivity contribution is 7.98. The maximum atomic E-state index is 4.38. The second-order valence-electron chi connectivity index (χ2n) is 4.70. The molecule has 0 aromatic carbocycles. The Morgan fingerprint density at radius 2 is 2.14 bits per heavy atom. The molecule has 0 saturated heterocycles. The van der Waals surface area contributed by atoms with Gasteiger partial charge in [-0.3, -0.25) is 4.98 Å². The summed E-state index contributed by atoms with van der Waals surface area (Å²) in [6.07, 6.45) is 3.56. The number of hydrogen-bond acceptors (Lipinski definition) is 6. The second kappa shape index (κ2) is 5.95. The molecular formula is C14H15N5S2. The molecule has 3 aromatic heterocycles. The molecule has 0 amide bonds. The normalized spacial score (nSPS) is 11.0. The van der Waals surface area contributed by atoms with E-state index in [0.29, 0.717) is 0 Å². The average molecular weight is 317 g/mol. The molecule has 108 valence electrons. The van der Waals surface area contributed by atoms with Gasteiger partial charge in [-0.15, -0.1) is 10.2 Å². The van der Waals surface area contributed by atoms with Crippen molar-refractivity contribution >= 4 is 23.3 Å². The third-order valence-electron chi connectivity index (χ3n) is 3.28. The van der Waals surface area contributed by atoms with Crippen molar-refractivity contribution in [2.45, 2.75) is 24.8 Å². The largest absolute Gasteiger partial charge is 0.305 e. The molecule has 0 saturated carbocycles. The molecule has 0 fully saturated rings. The first-order valence-electron chi connectivity index (χ1n) is 6.51. The molecule has 0 aliphatic rings. The van der Waals surface area contributed by atoms with E-state index in [1.807, 2.05) is 23.7 Å². The molecule has 3 aromatic rings. The number of rotatable bonds is 4. The maximum absolute atomic E-state index is 4.38. The zero-order valence-electron chi connectivity index (χ0n) is 12.1.